The van der Waals surface area contributed by atoms with E-state index in [1.807, 2.05) is 12.1 Å². The van der Waals surface area contributed by atoms with Crippen LogP contribution in [0.25, 0.3) is 0 Å². The van der Waals surface area contributed by atoms with Crippen molar-refractivity contribution in [3.63, 3.8) is 0 Å². The molecule has 7 heteroatoms. The van der Waals surface area contributed by atoms with E-state index < -0.39 is 0 Å². The number of nitrogens with zero attached hydrogens (tertiary/aromatic N) is 3. The van der Waals surface area contributed by atoms with Gasteiger partial charge in [-0.15, -0.1) is 24.0 Å². The van der Waals surface area contributed by atoms with Gasteiger partial charge in [0.2, 0.25) is 0 Å². The Morgan fingerprint density at radius 1 is 0.969 bits per heavy atom. The minimum atomic E-state index is -0.110. The molecule has 0 bridgehead atoms. The topological polar surface area (TPSA) is 42.9 Å². The van der Waals surface area contributed by atoms with Gasteiger partial charge in [-0.05, 0) is 42.6 Å². The van der Waals surface area contributed by atoms with Crippen molar-refractivity contribution in [3.8, 4) is 0 Å². The molecule has 0 unspecified atom stereocenters. The summed E-state index contributed by atoms with van der Waals surface area (Å²) >= 11 is 0. The van der Waals surface area contributed by atoms with Crippen LogP contribution < -0.4 is 10.6 Å². The highest BCUT2D eigenvalue weighted by molar-refractivity contribution is 14.0. The molecule has 32 heavy (non-hydrogen) atoms. The maximum atomic E-state index is 14.2. The molecule has 1 aliphatic carbocycles. The van der Waals surface area contributed by atoms with Gasteiger partial charge in [-0.25, -0.2) is 4.39 Å². The van der Waals surface area contributed by atoms with Gasteiger partial charge in [0.25, 0.3) is 0 Å². The zero-order valence-electron chi connectivity index (χ0n) is 19.1. The Kier molecular flexibility index (Phi) is 8.90. The minimum Gasteiger partial charge on any atom is -0.356 e. The Hall–Kier alpha value is -1.71. The van der Waals surface area contributed by atoms with Gasteiger partial charge in [-0.3, -0.25) is 9.89 Å². The summed E-state index contributed by atoms with van der Waals surface area (Å²) in [4.78, 5) is 9.24. The molecule has 0 amide bonds. The SMILES string of the molecule is CN=C(NCc1ccc(CN2CCN(C)CC2)cc1)NCC1(c2ccccc2F)CC1.I. The first-order valence-corrected chi connectivity index (χ1v) is 11.3. The molecule has 0 aromatic heterocycles. The molecule has 1 heterocycles. The summed E-state index contributed by atoms with van der Waals surface area (Å²) in [6.45, 7) is 6.98. The third-order valence-electron chi connectivity index (χ3n) is 6.60. The van der Waals surface area contributed by atoms with Crippen LogP contribution in [0.3, 0.4) is 0 Å². The zero-order valence-corrected chi connectivity index (χ0v) is 21.4. The molecule has 0 spiro atoms. The molecular formula is C25H35FIN5. The molecule has 1 aliphatic heterocycles. The summed E-state index contributed by atoms with van der Waals surface area (Å²) in [6, 6.07) is 15.9. The second kappa shape index (κ2) is 11.4. The molecule has 1 saturated carbocycles. The number of piperazine rings is 1. The number of rotatable bonds is 7. The van der Waals surface area contributed by atoms with E-state index in [9.17, 15) is 4.39 Å². The van der Waals surface area contributed by atoms with Crippen molar-refractivity contribution >= 4 is 29.9 Å². The molecule has 5 nitrogen and oxygen atoms in total. The second-order valence-corrected chi connectivity index (χ2v) is 8.94. The number of hydrogen-bond donors (Lipinski definition) is 2. The Morgan fingerprint density at radius 2 is 1.62 bits per heavy atom. The van der Waals surface area contributed by atoms with Crippen LogP contribution in [0, 0.1) is 5.82 Å². The molecule has 2 N–H and O–H groups in total. The number of halogens is 2. The molecule has 4 rings (SSSR count). The van der Waals surface area contributed by atoms with Gasteiger partial charge in [0.15, 0.2) is 5.96 Å². The molecule has 174 valence electrons. The fraction of sp³-hybridized carbons (Fsp3) is 0.480. The average Bonchev–Trinajstić information content (AvgIpc) is 3.58. The Balaban J connectivity index is 0.00000289. The highest BCUT2D eigenvalue weighted by atomic mass is 127. The van der Waals surface area contributed by atoms with E-state index >= 15 is 0 Å². The number of nitrogens with one attached hydrogen (secondary N) is 2. The highest BCUT2D eigenvalue weighted by Crippen LogP contribution is 2.48. The van der Waals surface area contributed by atoms with E-state index in [0.717, 1.165) is 57.1 Å². The highest BCUT2D eigenvalue weighted by Gasteiger charge is 2.45. The molecule has 0 radical (unpaired) electrons. The normalized spacial score (nSPS) is 18.7. The predicted molar refractivity (Wildman–Crippen MR) is 140 cm³/mol. The van der Waals surface area contributed by atoms with Gasteiger partial charge in [0.1, 0.15) is 5.82 Å². The van der Waals surface area contributed by atoms with Gasteiger partial charge < -0.3 is 15.5 Å². The molecule has 2 fully saturated rings. The summed E-state index contributed by atoms with van der Waals surface area (Å²) in [6.07, 6.45) is 2.01. The van der Waals surface area contributed by atoms with Crippen LogP contribution in [-0.2, 0) is 18.5 Å². The van der Waals surface area contributed by atoms with Gasteiger partial charge >= 0.3 is 0 Å². The predicted octanol–water partition coefficient (Wildman–Crippen LogP) is 3.59. The van der Waals surface area contributed by atoms with Gasteiger partial charge in [-0.1, -0.05) is 42.5 Å². The number of likely N-dealkylation sites (N-methyl/N-ethyl adjacent to an activating group) is 1. The van der Waals surface area contributed by atoms with Crippen LogP contribution in [0.1, 0.15) is 29.5 Å². The van der Waals surface area contributed by atoms with Crippen LogP contribution in [0.15, 0.2) is 53.5 Å². The first kappa shape index (κ1) is 24.9. The zero-order chi connectivity index (χ0) is 21.7. The maximum absolute atomic E-state index is 14.2. The first-order chi connectivity index (χ1) is 15.1. The van der Waals surface area contributed by atoms with Crippen LogP contribution in [0.2, 0.25) is 0 Å². The summed E-state index contributed by atoms with van der Waals surface area (Å²) in [5.74, 6) is 0.644. The van der Waals surface area contributed by atoms with E-state index in [1.54, 1.807) is 19.2 Å². The Labute approximate surface area is 208 Å². The van der Waals surface area contributed by atoms with Crippen molar-refractivity contribution in [2.24, 2.45) is 4.99 Å². The Morgan fingerprint density at radius 3 is 2.25 bits per heavy atom. The lowest BCUT2D eigenvalue weighted by Gasteiger charge is -2.32. The van der Waals surface area contributed by atoms with Crippen molar-refractivity contribution in [1.29, 1.82) is 0 Å². The molecule has 1 saturated heterocycles. The fourth-order valence-corrected chi connectivity index (χ4v) is 4.27. The molecule has 0 atom stereocenters. The quantitative estimate of drug-likeness (QED) is 0.314. The van der Waals surface area contributed by atoms with E-state index in [1.165, 1.54) is 11.1 Å². The van der Waals surface area contributed by atoms with Crippen molar-refractivity contribution in [2.75, 3.05) is 46.8 Å². The number of aliphatic imine (C=N–C) groups is 1. The van der Waals surface area contributed by atoms with Crippen LogP contribution >= 0.6 is 24.0 Å². The monoisotopic (exact) mass is 551 g/mol. The van der Waals surface area contributed by atoms with Crippen molar-refractivity contribution in [3.05, 3.63) is 71.0 Å². The number of guanidine groups is 1. The number of benzene rings is 2. The smallest absolute Gasteiger partial charge is 0.191 e. The van der Waals surface area contributed by atoms with E-state index in [2.05, 4.69) is 56.7 Å². The van der Waals surface area contributed by atoms with E-state index in [-0.39, 0.29) is 35.2 Å². The van der Waals surface area contributed by atoms with Crippen molar-refractivity contribution < 1.29 is 4.39 Å². The third-order valence-corrected chi connectivity index (χ3v) is 6.60. The molecule has 2 aromatic rings. The van der Waals surface area contributed by atoms with Crippen LogP contribution in [0.5, 0.6) is 0 Å². The van der Waals surface area contributed by atoms with Gasteiger partial charge in [0, 0.05) is 58.3 Å². The summed E-state index contributed by atoms with van der Waals surface area (Å²) in [7, 11) is 3.96. The number of hydrogen-bond acceptors (Lipinski definition) is 3. The lowest BCUT2D eigenvalue weighted by atomic mass is 9.95. The van der Waals surface area contributed by atoms with Crippen LogP contribution in [-0.4, -0.2) is 62.6 Å². The minimum absolute atomic E-state index is 0. The second-order valence-electron chi connectivity index (χ2n) is 8.94. The summed E-state index contributed by atoms with van der Waals surface area (Å²) in [5.41, 5.74) is 3.29. The van der Waals surface area contributed by atoms with E-state index in [0.29, 0.717) is 13.1 Å². The lowest BCUT2D eigenvalue weighted by Crippen LogP contribution is -2.43. The summed E-state index contributed by atoms with van der Waals surface area (Å²) < 4.78 is 14.2. The largest absolute Gasteiger partial charge is 0.356 e. The molecule has 2 aromatic carbocycles. The standard InChI is InChI=1S/C25H34FN5.HI/c1-27-24(29-19-25(11-12-25)22-5-3-4-6-23(22)26)28-17-20-7-9-21(10-8-20)18-31-15-13-30(2)14-16-31;/h3-10H,11-19H2,1-2H3,(H2,27,28,29);1H. The lowest BCUT2D eigenvalue weighted by molar-refractivity contribution is 0.148. The third kappa shape index (κ3) is 6.42. The van der Waals surface area contributed by atoms with Gasteiger partial charge in [-0.2, -0.15) is 0 Å². The van der Waals surface area contributed by atoms with Crippen LogP contribution in [0.4, 0.5) is 4.39 Å². The fourth-order valence-electron chi connectivity index (χ4n) is 4.27. The molecule has 2 aliphatic rings. The van der Waals surface area contributed by atoms with Crippen molar-refractivity contribution in [2.45, 2.75) is 31.3 Å². The Bertz CT molecular complexity index is 889. The van der Waals surface area contributed by atoms with Crippen molar-refractivity contribution in [1.82, 2.24) is 20.4 Å². The average molecular weight is 551 g/mol. The maximum Gasteiger partial charge on any atom is 0.191 e. The summed E-state index contributed by atoms with van der Waals surface area (Å²) in [5, 5.41) is 6.79. The first-order valence-electron chi connectivity index (χ1n) is 11.3. The van der Waals surface area contributed by atoms with E-state index in [4.69, 9.17) is 0 Å². The van der Waals surface area contributed by atoms with Gasteiger partial charge in [0.05, 0.1) is 0 Å². The molecular weight excluding hydrogens is 516 g/mol.